The monoisotopic (exact) mass is 334 g/mol. The molecule has 0 spiro atoms. The number of rotatable bonds is 6. The van der Waals surface area contributed by atoms with Gasteiger partial charge in [-0.05, 0) is 26.8 Å². The van der Waals surface area contributed by atoms with Gasteiger partial charge in [-0.3, -0.25) is 4.79 Å². The van der Waals surface area contributed by atoms with E-state index in [1.165, 1.54) is 17.4 Å². The molecule has 2 aromatic heterocycles. The topological polar surface area (TPSA) is 86.1 Å². The van der Waals surface area contributed by atoms with Gasteiger partial charge in [0.2, 0.25) is 0 Å². The van der Waals surface area contributed by atoms with Gasteiger partial charge in [0, 0.05) is 23.6 Å². The molecule has 7 nitrogen and oxygen atoms in total. The number of anilines is 1. The first-order valence-corrected chi connectivity index (χ1v) is 7.94. The Labute approximate surface area is 138 Å². The molecule has 0 atom stereocenters. The standard InChI is InChI=1S/C15H18N4O3S/c1-10(2)19-13(6-7-16-19)18-14(20)8-22-15(21)5-4-12-9-23-11(3)17-12/h4-7,9-10H,8H2,1-3H3,(H,18,20)/b5-4+. The molecule has 2 heterocycles. The first-order valence-electron chi connectivity index (χ1n) is 7.06. The zero-order valence-electron chi connectivity index (χ0n) is 13.1. The van der Waals surface area contributed by atoms with Gasteiger partial charge in [0.05, 0.1) is 16.9 Å². The van der Waals surface area contributed by atoms with Crippen LogP contribution in [-0.2, 0) is 14.3 Å². The molecule has 1 amide bonds. The van der Waals surface area contributed by atoms with Gasteiger partial charge in [0.15, 0.2) is 6.61 Å². The first kappa shape index (κ1) is 16.9. The van der Waals surface area contributed by atoms with E-state index in [4.69, 9.17) is 4.74 Å². The van der Waals surface area contributed by atoms with Crippen molar-refractivity contribution in [2.24, 2.45) is 0 Å². The second kappa shape index (κ2) is 7.68. The molecule has 1 N–H and O–H groups in total. The van der Waals surface area contributed by atoms with Gasteiger partial charge in [-0.1, -0.05) is 0 Å². The number of amides is 1. The van der Waals surface area contributed by atoms with E-state index in [-0.39, 0.29) is 12.6 Å². The second-order valence-electron chi connectivity index (χ2n) is 5.04. The van der Waals surface area contributed by atoms with Crippen LogP contribution in [0.25, 0.3) is 6.08 Å². The lowest BCUT2D eigenvalue weighted by Crippen LogP contribution is -2.22. The van der Waals surface area contributed by atoms with Crippen molar-refractivity contribution in [3.63, 3.8) is 0 Å². The van der Waals surface area contributed by atoms with Crippen LogP contribution in [0, 0.1) is 6.92 Å². The van der Waals surface area contributed by atoms with E-state index >= 15 is 0 Å². The molecule has 122 valence electrons. The zero-order chi connectivity index (χ0) is 16.8. The van der Waals surface area contributed by atoms with Crippen LogP contribution >= 0.6 is 11.3 Å². The number of hydrogen-bond acceptors (Lipinski definition) is 6. The number of aromatic nitrogens is 3. The average molecular weight is 334 g/mol. The van der Waals surface area contributed by atoms with Crippen LogP contribution in [0.5, 0.6) is 0 Å². The van der Waals surface area contributed by atoms with Crippen molar-refractivity contribution < 1.29 is 14.3 Å². The number of carbonyl (C=O) groups excluding carboxylic acids is 2. The fourth-order valence-corrected chi connectivity index (χ4v) is 2.38. The number of thiazole rings is 1. The van der Waals surface area contributed by atoms with Crippen LogP contribution in [0.4, 0.5) is 5.82 Å². The molecule has 0 bridgehead atoms. The Morgan fingerprint density at radius 2 is 2.26 bits per heavy atom. The molecule has 0 aromatic carbocycles. The molecule has 2 rings (SSSR count). The van der Waals surface area contributed by atoms with Crippen molar-refractivity contribution in [1.82, 2.24) is 14.8 Å². The highest BCUT2D eigenvalue weighted by molar-refractivity contribution is 7.09. The number of hydrogen-bond donors (Lipinski definition) is 1. The van der Waals surface area contributed by atoms with Crippen molar-refractivity contribution in [3.8, 4) is 0 Å². The summed E-state index contributed by atoms with van der Waals surface area (Å²) in [5.74, 6) is -0.448. The quantitative estimate of drug-likeness (QED) is 0.647. The van der Waals surface area contributed by atoms with E-state index in [0.717, 1.165) is 5.01 Å². The molecule has 0 saturated heterocycles. The molecular weight excluding hydrogens is 316 g/mol. The summed E-state index contributed by atoms with van der Waals surface area (Å²) < 4.78 is 6.56. The molecule has 8 heteroatoms. The van der Waals surface area contributed by atoms with Gasteiger partial charge in [0.25, 0.3) is 5.91 Å². The third-order valence-corrected chi connectivity index (χ3v) is 3.59. The van der Waals surface area contributed by atoms with E-state index < -0.39 is 11.9 Å². The van der Waals surface area contributed by atoms with Crippen molar-refractivity contribution in [3.05, 3.63) is 34.4 Å². The Balaban J connectivity index is 1.81. The first-order chi connectivity index (χ1) is 11.0. The molecule has 0 aliphatic rings. The summed E-state index contributed by atoms with van der Waals surface area (Å²) in [6.07, 6.45) is 4.40. The van der Waals surface area contributed by atoms with E-state index in [1.807, 2.05) is 26.2 Å². The summed E-state index contributed by atoms with van der Waals surface area (Å²) in [4.78, 5) is 27.6. The lowest BCUT2D eigenvalue weighted by Gasteiger charge is -2.11. The maximum absolute atomic E-state index is 11.8. The van der Waals surface area contributed by atoms with Crippen LogP contribution in [0.15, 0.2) is 23.7 Å². The minimum Gasteiger partial charge on any atom is -0.452 e. The van der Waals surface area contributed by atoms with Crippen LogP contribution in [0.2, 0.25) is 0 Å². The largest absolute Gasteiger partial charge is 0.452 e. The summed E-state index contributed by atoms with van der Waals surface area (Å²) in [6, 6.07) is 1.80. The summed E-state index contributed by atoms with van der Waals surface area (Å²) in [5.41, 5.74) is 0.690. The highest BCUT2D eigenvalue weighted by atomic mass is 32.1. The van der Waals surface area contributed by atoms with Gasteiger partial charge >= 0.3 is 5.97 Å². The number of nitrogens with zero attached hydrogens (tertiary/aromatic N) is 3. The SMILES string of the molecule is Cc1nc(/C=C/C(=O)OCC(=O)Nc2ccnn2C(C)C)cs1. The van der Waals surface area contributed by atoms with E-state index in [2.05, 4.69) is 15.4 Å². The number of nitrogens with one attached hydrogen (secondary N) is 1. The number of esters is 1. The predicted octanol–water partition coefficient (Wildman–Crippen LogP) is 2.42. The molecule has 0 aliphatic heterocycles. The van der Waals surface area contributed by atoms with Crippen molar-refractivity contribution in [1.29, 1.82) is 0 Å². The Morgan fingerprint density at radius 3 is 2.91 bits per heavy atom. The average Bonchev–Trinajstić information content (AvgIpc) is 3.12. The van der Waals surface area contributed by atoms with Crippen molar-refractivity contribution >= 4 is 35.1 Å². The minimum atomic E-state index is -0.594. The predicted molar refractivity (Wildman–Crippen MR) is 88.1 cm³/mol. The van der Waals surface area contributed by atoms with Gasteiger partial charge in [0.1, 0.15) is 5.82 Å². The van der Waals surface area contributed by atoms with E-state index in [0.29, 0.717) is 11.5 Å². The number of ether oxygens (including phenoxy) is 1. The maximum Gasteiger partial charge on any atom is 0.331 e. The summed E-state index contributed by atoms with van der Waals surface area (Å²) in [7, 11) is 0. The third kappa shape index (κ3) is 5.03. The molecule has 0 radical (unpaired) electrons. The van der Waals surface area contributed by atoms with E-state index in [1.54, 1.807) is 23.0 Å². The van der Waals surface area contributed by atoms with Gasteiger partial charge in [-0.25, -0.2) is 14.5 Å². The minimum absolute atomic E-state index is 0.118. The van der Waals surface area contributed by atoms with Crippen LogP contribution in [0.1, 0.15) is 30.6 Å². The Kier molecular flexibility index (Phi) is 5.64. The van der Waals surface area contributed by atoms with E-state index in [9.17, 15) is 9.59 Å². The van der Waals surface area contributed by atoms with Gasteiger partial charge in [-0.15, -0.1) is 11.3 Å². The lowest BCUT2D eigenvalue weighted by molar-refractivity contribution is -0.142. The molecule has 0 aliphatic carbocycles. The van der Waals surface area contributed by atoms with Crippen LogP contribution < -0.4 is 5.32 Å². The summed E-state index contributed by atoms with van der Waals surface area (Å²) in [5, 5.41) is 9.51. The fourth-order valence-electron chi connectivity index (χ4n) is 1.80. The molecule has 0 unspecified atom stereocenters. The van der Waals surface area contributed by atoms with Gasteiger partial charge < -0.3 is 10.1 Å². The number of aryl methyl sites for hydroxylation is 1. The van der Waals surface area contributed by atoms with Crippen LogP contribution in [0.3, 0.4) is 0 Å². The number of carbonyl (C=O) groups is 2. The lowest BCUT2D eigenvalue weighted by atomic mass is 10.4. The van der Waals surface area contributed by atoms with Crippen molar-refractivity contribution in [2.45, 2.75) is 26.8 Å². The highest BCUT2D eigenvalue weighted by Crippen LogP contribution is 2.13. The fraction of sp³-hybridized carbons (Fsp3) is 0.333. The van der Waals surface area contributed by atoms with Crippen LogP contribution in [-0.4, -0.2) is 33.2 Å². The Hall–Kier alpha value is -2.48. The molecule has 0 fully saturated rings. The molecule has 23 heavy (non-hydrogen) atoms. The molecule has 0 saturated carbocycles. The smallest absolute Gasteiger partial charge is 0.331 e. The summed E-state index contributed by atoms with van der Waals surface area (Å²) in [6.45, 7) is 5.43. The summed E-state index contributed by atoms with van der Waals surface area (Å²) >= 11 is 1.49. The molecule has 2 aromatic rings. The third-order valence-electron chi connectivity index (χ3n) is 2.80. The zero-order valence-corrected chi connectivity index (χ0v) is 14.0. The second-order valence-corrected chi connectivity index (χ2v) is 6.10. The Bertz CT molecular complexity index is 718. The van der Waals surface area contributed by atoms with Gasteiger partial charge in [-0.2, -0.15) is 5.10 Å². The molecular formula is C15H18N4O3S. The van der Waals surface area contributed by atoms with Crippen molar-refractivity contribution in [2.75, 3.05) is 11.9 Å². The normalized spacial score (nSPS) is 11.1. The Morgan fingerprint density at radius 1 is 1.48 bits per heavy atom. The maximum atomic E-state index is 11.8. The highest BCUT2D eigenvalue weighted by Gasteiger charge is 2.10.